The molecule has 186 valence electrons. The van der Waals surface area contributed by atoms with Crippen LogP contribution in [0, 0.1) is 18.1 Å². The Morgan fingerprint density at radius 1 is 1.22 bits per heavy atom. The van der Waals surface area contributed by atoms with Crippen LogP contribution >= 0.6 is 23.2 Å². The third kappa shape index (κ3) is 4.56. The Balaban J connectivity index is 1.13. The lowest BCUT2D eigenvalue weighted by molar-refractivity contribution is -0.136. The summed E-state index contributed by atoms with van der Waals surface area (Å²) in [5.41, 5.74) is 4.45. The Morgan fingerprint density at radius 2 is 2.03 bits per heavy atom. The number of ether oxygens (including phenoxy) is 1. The molecule has 3 aromatic rings. The number of halogens is 2. The maximum Gasteiger partial charge on any atom is 0.303 e. The molecule has 36 heavy (non-hydrogen) atoms. The van der Waals surface area contributed by atoms with Gasteiger partial charge in [0.1, 0.15) is 16.5 Å². The van der Waals surface area contributed by atoms with Gasteiger partial charge in [0.25, 0.3) is 0 Å². The molecule has 1 N–H and O–H groups in total. The SMILES string of the molecule is O=C(O)CCc1ccc(N2C[C@@H]3C[C@H]2C[C@H]3OCc2c(-c3c(Cl)c#ccc3Cl)noc2C2CC2)cc1. The molecule has 1 saturated heterocycles. The average Bonchev–Trinajstić information content (AvgIpc) is 3.32. The zero-order chi connectivity index (χ0) is 24.8. The van der Waals surface area contributed by atoms with E-state index in [1.165, 1.54) is 5.69 Å². The van der Waals surface area contributed by atoms with E-state index in [0.717, 1.165) is 49.1 Å². The van der Waals surface area contributed by atoms with Crippen LogP contribution in [0.1, 0.15) is 54.9 Å². The zero-order valence-electron chi connectivity index (χ0n) is 19.7. The topological polar surface area (TPSA) is 75.8 Å². The first kappa shape index (κ1) is 23.7. The van der Waals surface area contributed by atoms with Gasteiger partial charge in [0.05, 0.1) is 23.3 Å². The molecule has 3 atom stereocenters. The fraction of sp³-hybridized carbons (Fsp3) is 0.429. The normalized spacial score (nSPS) is 22.7. The van der Waals surface area contributed by atoms with Gasteiger partial charge in [-0.05, 0) is 55.9 Å². The van der Waals surface area contributed by atoms with Gasteiger partial charge in [-0.3, -0.25) is 4.79 Å². The number of carboxylic acids is 1. The van der Waals surface area contributed by atoms with Gasteiger partial charge in [0.15, 0.2) is 0 Å². The number of benzene rings is 1. The molecule has 2 saturated carbocycles. The first-order valence-corrected chi connectivity index (χ1v) is 13.2. The van der Waals surface area contributed by atoms with Crippen LogP contribution in [0.2, 0.25) is 10.0 Å². The molecular formula is C28H26Cl2N2O4. The van der Waals surface area contributed by atoms with E-state index in [1.807, 2.05) is 12.1 Å². The van der Waals surface area contributed by atoms with Gasteiger partial charge >= 0.3 is 5.97 Å². The molecular weight excluding hydrogens is 499 g/mol. The van der Waals surface area contributed by atoms with Crippen molar-refractivity contribution in [3.8, 4) is 11.3 Å². The summed E-state index contributed by atoms with van der Waals surface area (Å²) in [6, 6.07) is 16.1. The third-order valence-electron chi connectivity index (χ3n) is 7.66. The standard InChI is InChI=1S/C28H26Cl2N2O4/c29-22-2-1-3-23(30)26(22)27-21(28(36-31-27)17-7-8-17)15-35-24-13-20-12-18(24)14-32(20)19-9-4-16(5-10-19)6-11-25(33)34/h2,4-5,9-10,17-18,20,24H,6-8,11-15H2,(H,33,34)/t18-,20-,24+/m0/s1. The molecule has 6 rings (SSSR count). The maximum absolute atomic E-state index is 10.8. The van der Waals surface area contributed by atoms with E-state index in [1.54, 1.807) is 6.07 Å². The quantitative estimate of drug-likeness (QED) is 0.352. The first-order valence-electron chi connectivity index (χ1n) is 12.4. The van der Waals surface area contributed by atoms with E-state index in [2.05, 4.69) is 34.3 Å². The van der Waals surface area contributed by atoms with Crippen LogP contribution in [0.15, 0.2) is 34.9 Å². The minimum absolute atomic E-state index is 0.155. The highest BCUT2D eigenvalue weighted by Gasteiger charge is 2.45. The number of carboxylic acid groups (broad SMARTS) is 1. The van der Waals surface area contributed by atoms with Crippen molar-refractivity contribution in [2.75, 3.05) is 11.4 Å². The van der Waals surface area contributed by atoms with Crippen molar-refractivity contribution in [1.82, 2.24) is 5.16 Å². The Bertz CT molecular complexity index is 1250. The number of fused-ring (bicyclic) bond motifs is 2. The van der Waals surface area contributed by atoms with Gasteiger partial charge in [-0.1, -0.05) is 46.6 Å². The average molecular weight is 525 g/mol. The minimum atomic E-state index is -0.767. The highest BCUT2D eigenvalue weighted by atomic mass is 35.5. The van der Waals surface area contributed by atoms with Gasteiger partial charge in [-0.25, -0.2) is 0 Å². The second-order valence-electron chi connectivity index (χ2n) is 10.0. The predicted octanol–water partition coefficient (Wildman–Crippen LogP) is 6.33. The summed E-state index contributed by atoms with van der Waals surface area (Å²) < 4.78 is 12.3. The molecule has 3 aliphatic rings. The predicted molar refractivity (Wildman–Crippen MR) is 136 cm³/mol. The summed E-state index contributed by atoms with van der Waals surface area (Å²) in [6.45, 7) is 1.37. The zero-order valence-corrected chi connectivity index (χ0v) is 21.2. The maximum atomic E-state index is 10.8. The van der Waals surface area contributed by atoms with E-state index in [0.29, 0.717) is 52.2 Å². The van der Waals surface area contributed by atoms with E-state index >= 15 is 0 Å². The largest absolute Gasteiger partial charge is 0.481 e. The minimum Gasteiger partial charge on any atom is -0.481 e. The van der Waals surface area contributed by atoms with Crippen LogP contribution in [-0.4, -0.2) is 34.9 Å². The lowest BCUT2D eigenvalue weighted by atomic mass is 10.0. The first-order chi connectivity index (χ1) is 17.5. The number of aliphatic carboxylic acids is 1. The number of piperidine rings is 1. The Morgan fingerprint density at radius 3 is 2.69 bits per heavy atom. The molecule has 8 heteroatoms. The summed E-state index contributed by atoms with van der Waals surface area (Å²) >= 11 is 12.9. The number of hydrogen-bond acceptors (Lipinski definition) is 5. The number of anilines is 1. The highest BCUT2D eigenvalue weighted by molar-refractivity contribution is 6.38. The van der Waals surface area contributed by atoms with Crippen molar-refractivity contribution in [2.24, 2.45) is 5.92 Å². The van der Waals surface area contributed by atoms with Gasteiger partial charge in [-0.15, -0.1) is 0 Å². The van der Waals surface area contributed by atoms with E-state index in [4.69, 9.17) is 37.6 Å². The molecule has 6 nitrogen and oxygen atoms in total. The van der Waals surface area contributed by atoms with Gasteiger partial charge in [0.2, 0.25) is 0 Å². The summed E-state index contributed by atoms with van der Waals surface area (Å²) in [7, 11) is 0. The van der Waals surface area contributed by atoms with Gasteiger partial charge in [-0.2, -0.15) is 0 Å². The van der Waals surface area contributed by atoms with Crippen LogP contribution in [0.3, 0.4) is 0 Å². The van der Waals surface area contributed by atoms with Crippen molar-refractivity contribution >= 4 is 34.9 Å². The number of aryl methyl sites for hydroxylation is 1. The van der Waals surface area contributed by atoms with Crippen molar-refractivity contribution in [3.05, 3.63) is 69.4 Å². The Labute approximate surface area is 220 Å². The number of hydrogen-bond donors (Lipinski definition) is 1. The number of rotatable bonds is 9. The molecule has 2 heterocycles. The lowest BCUT2D eigenvalue weighted by Crippen LogP contribution is -2.38. The summed E-state index contributed by atoms with van der Waals surface area (Å²) in [5.74, 6) is 0.964. The molecule has 1 aromatic heterocycles. The van der Waals surface area contributed by atoms with Crippen LogP contribution < -0.4 is 4.90 Å². The molecule has 2 aromatic carbocycles. The van der Waals surface area contributed by atoms with Crippen LogP contribution in [0.4, 0.5) is 5.69 Å². The fourth-order valence-electron chi connectivity index (χ4n) is 5.67. The number of carbonyl (C=O) groups is 1. The van der Waals surface area contributed by atoms with E-state index < -0.39 is 5.97 Å². The molecule has 3 fully saturated rings. The summed E-state index contributed by atoms with van der Waals surface area (Å²) in [4.78, 5) is 13.3. The van der Waals surface area contributed by atoms with Crippen LogP contribution in [0.5, 0.6) is 0 Å². The second-order valence-corrected chi connectivity index (χ2v) is 10.8. The molecule has 0 amide bonds. The second kappa shape index (κ2) is 9.63. The molecule has 0 radical (unpaired) electrons. The molecule has 0 unspecified atom stereocenters. The van der Waals surface area contributed by atoms with Crippen molar-refractivity contribution in [3.63, 3.8) is 0 Å². The van der Waals surface area contributed by atoms with E-state index in [-0.39, 0.29) is 12.5 Å². The van der Waals surface area contributed by atoms with Gasteiger partial charge < -0.3 is 19.3 Å². The smallest absolute Gasteiger partial charge is 0.303 e. The van der Waals surface area contributed by atoms with E-state index in [9.17, 15) is 4.79 Å². The molecule has 0 spiro atoms. The van der Waals surface area contributed by atoms with Gasteiger partial charge in [0, 0.05) is 48.2 Å². The summed E-state index contributed by atoms with van der Waals surface area (Å²) in [5, 5.41) is 14.1. The summed E-state index contributed by atoms with van der Waals surface area (Å²) in [6.07, 6.45) is 5.16. The van der Waals surface area contributed by atoms with Crippen LogP contribution in [0.25, 0.3) is 11.3 Å². The number of nitrogens with zero attached hydrogens (tertiary/aromatic N) is 2. The van der Waals surface area contributed by atoms with Crippen molar-refractivity contribution in [1.29, 1.82) is 0 Å². The Hall–Kier alpha value is -2.72. The molecule has 2 aliphatic carbocycles. The number of aromatic nitrogens is 1. The highest BCUT2D eigenvalue weighted by Crippen LogP contribution is 2.47. The third-order valence-corrected chi connectivity index (χ3v) is 8.24. The van der Waals surface area contributed by atoms with Crippen molar-refractivity contribution in [2.45, 2.75) is 63.2 Å². The Kier molecular flexibility index (Phi) is 6.33. The van der Waals surface area contributed by atoms with Crippen molar-refractivity contribution < 1.29 is 19.2 Å². The molecule has 2 bridgehead atoms. The monoisotopic (exact) mass is 524 g/mol. The fourth-order valence-corrected chi connectivity index (χ4v) is 6.20. The lowest BCUT2D eigenvalue weighted by Gasteiger charge is -2.33. The molecule has 1 aliphatic heterocycles. The van der Waals surface area contributed by atoms with Crippen LogP contribution in [-0.2, 0) is 22.6 Å².